The number of fused-ring (bicyclic) bond motifs is 6. The van der Waals surface area contributed by atoms with Crippen LogP contribution in [0.1, 0.15) is 47.3 Å². The predicted molar refractivity (Wildman–Crippen MR) is 131 cm³/mol. The summed E-state index contributed by atoms with van der Waals surface area (Å²) in [4.78, 5) is 0. The second-order valence-corrected chi connectivity index (χ2v) is 8.64. The van der Waals surface area contributed by atoms with Gasteiger partial charge in [-0.05, 0) is 36.8 Å². The van der Waals surface area contributed by atoms with Crippen molar-refractivity contribution in [2.75, 3.05) is 6.61 Å². The van der Waals surface area contributed by atoms with E-state index >= 15 is 0 Å². The standard InChI is InChI=1S/C27H22Cl2O4/c1-2-7-18-12-20(28)14-22-24(18)31-27-23-15-21(29)13-19(25(23)32-26(22)33-27)10-6-11-30-16-17-8-4-3-5-9-17/h2-10,12-15,26-27H,11,16H2,1H3/b7-2-,10-6-. The molecule has 3 aromatic carbocycles. The fourth-order valence-electron chi connectivity index (χ4n) is 3.97. The van der Waals surface area contributed by atoms with Crippen LogP contribution < -0.4 is 9.47 Å². The van der Waals surface area contributed by atoms with Crippen molar-refractivity contribution in [3.63, 3.8) is 0 Å². The summed E-state index contributed by atoms with van der Waals surface area (Å²) in [5.41, 5.74) is 4.35. The molecule has 0 radical (unpaired) electrons. The second kappa shape index (κ2) is 9.62. The van der Waals surface area contributed by atoms with Crippen LogP contribution in [0.2, 0.25) is 10.0 Å². The first-order valence-electron chi connectivity index (χ1n) is 10.7. The normalized spacial score (nSPS) is 18.6. The van der Waals surface area contributed by atoms with Gasteiger partial charge in [0.25, 0.3) is 0 Å². The molecule has 6 heteroatoms. The molecule has 0 aliphatic carbocycles. The van der Waals surface area contributed by atoms with Crippen LogP contribution in [0.15, 0.2) is 66.7 Å². The average Bonchev–Trinajstić information content (AvgIpc) is 2.81. The second-order valence-electron chi connectivity index (χ2n) is 7.77. The van der Waals surface area contributed by atoms with Gasteiger partial charge in [0.15, 0.2) is 0 Å². The van der Waals surface area contributed by atoms with Gasteiger partial charge in [-0.15, -0.1) is 0 Å². The zero-order chi connectivity index (χ0) is 22.8. The molecule has 0 spiro atoms. The van der Waals surface area contributed by atoms with Gasteiger partial charge in [0.1, 0.15) is 11.5 Å². The van der Waals surface area contributed by atoms with E-state index in [1.807, 2.05) is 85.8 Å². The number of halogens is 2. The van der Waals surface area contributed by atoms with Gasteiger partial charge >= 0.3 is 0 Å². The molecule has 0 N–H and O–H groups in total. The monoisotopic (exact) mass is 480 g/mol. The topological polar surface area (TPSA) is 36.9 Å². The first-order chi connectivity index (χ1) is 16.1. The van der Waals surface area contributed by atoms with Crippen molar-refractivity contribution in [3.8, 4) is 11.5 Å². The van der Waals surface area contributed by atoms with Crippen LogP contribution >= 0.6 is 23.2 Å². The van der Waals surface area contributed by atoms with Gasteiger partial charge in [-0.3, -0.25) is 4.74 Å². The van der Waals surface area contributed by atoms with Crippen LogP contribution in [-0.2, 0) is 16.1 Å². The zero-order valence-corrected chi connectivity index (χ0v) is 19.5. The molecule has 0 saturated carbocycles. The molecule has 2 bridgehead atoms. The molecule has 2 atom stereocenters. The predicted octanol–water partition coefficient (Wildman–Crippen LogP) is 7.76. The molecule has 3 aromatic rings. The number of ether oxygens (including phenoxy) is 4. The van der Waals surface area contributed by atoms with Crippen LogP contribution in [0.5, 0.6) is 11.5 Å². The number of allylic oxidation sites excluding steroid dienone is 1. The van der Waals surface area contributed by atoms with Crippen molar-refractivity contribution in [3.05, 3.63) is 105 Å². The van der Waals surface area contributed by atoms with Crippen LogP contribution in [0.4, 0.5) is 0 Å². The molecular formula is C27H22Cl2O4. The summed E-state index contributed by atoms with van der Waals surface area (Å²) in [6.45, 7) is 2.95. The third-order valence-electron chi connectivity index (χ3n) is 5.40. The molecule has 2 heterocycles. The largest absolute Gasteiger partial charge is 0.459 e. The van der Waals surface area contributed by atoms with Crippen LogP contribution in [0.3, 0.4) is 0 Å². The Balaban J connectivity index is 1.39. The molecule has 0 fully saturated rings. The summed E-state index contributed by atoms with van der Waals surface area (Å²) in [5.74, 6) is 1.38. The Morgan fingerprint density at radius 2 is 1.45 bits per heavy atom. The number of hydrogen-bond acceptors (Lipinski definition) is 4. The molecular weight excluding hydrogens is 459 g/mol. The minimum absolute atomic E-state index is 0.460. The lowest BCUT2D eigenvalue weighted by molar-refractivity contribution is -0.227. The maximum atomic E-state index is 6.42. The molecule has 2 aliphatic rings. The summed E-state index contributed by atoms with van der Waals surface area (Å²) < 4.78 is 24.3. The Labute approximate surface area is 202 Å². The molecule has 0 amide bonds. The Hall–Kier alpha value is -2.76. The maximum absolute atomic E-state index is 6.42. The summed E-state index contributed by atoms with van der Waals surface area (Å²) in [6.07, 6.45) is 6.52. The van der Waals surface area contributed by atoms with E-state index in [2.05, 4.69) is 0 Å². The van der Waals surface area contributed by atoms with Crippen molar-refractivity contribution in [1.82, 2.24) is 0 Å². The highest BCUT2D eigenvalue weighted by Crippen LogP contribution is 2.51. The number of benzene rings is 3. The van der Waals surface area contributed by atoms with E-state index in [1.54, 1.807) is 0 Å². The number of rotatable bonds is 6. The fourth-order valence-corrected chi connectivity index (χ4v) is 4.44. The van der Waals surface area contributed by atoms with E-state index in [4.69, 9.17) is 42.1 Å². The third-order valence-corrected chi connectivity index (χ3v) is 5.83. The minimum Gasteiger partial charge on any atom is -0.459 e. The lowest BCUT2D eigenvalue weighted by atomic mass is 10.0. The molecule has 0 aromatic heterocycles. The van der Waals surface area contributed by atoms with Gasteiger partial charge in [0.05, 0.1) is 24.3 Å². The van der Waals surface area contributed by atoms with Gasteiger partial charge in [0, 0.05) is 21.2 Å². The Morgan fingerprint density at radius 3 is 2.06 bits per heavy atom. The average molecular weight is 481 g/mol. The highest BCUT2D eigenvalue weighted by atomic mass is 35.5. The van der Waals surface area contributed by atoms with E-state index in [9.17, 15) is 0 Å². The molecule has 168 valence electrons. The Bertz CT molecular complexity index is 1220. The van der Waals surface area contributed by atoms with Gasteiger partial charge in [-0.1, -0.05) is 77.8 Å². The van der Waals surface area contributed by atoms with E-state index in [-0.39, 0.29) is 0 Å². The van der Waals surface area contributed by atoms with Crippen LogP contribution in [0.25, 0.3) is 12.2 Å². The Kier molecular flexibility index (Phi) is 6.43. The first-order valence-corrected chi connectivity index (χ1v) is 11.4. The fraction of sp³-hybridized carbons (Fsp3) is 0.185. The first kappa shape index (κ1) is 22.1. The van der Waals surface area contributed by atoms with Crippen LogP contribution in [-0.4, -0.2) is 6.61 Å². The summed E-state index contributed by atoms with van der Waals surface area (Å²) in [6, 6.07) is 17.4. The van der Waals surface area contributed by atoms with Crippen molar-refractivity contribution in [1.29, 1.82) is 0 Å². The molecule has 33 heavy (non-hydrogen) atoms. The molecule has 2 aliphatic heterocycles. The molecule has 5 rings (SSSR count). The molecule has 0 saturated heterocycles. The van der Waals surface area contributed by atoms with E-state index < -0.39 is 12.6 Å². The quantitative estimate of drug-likeness (QED) is 0.337. The summed E-state index contributed by atoms with van der Waals surface area (Å²) >= 11 is 12.8. The van der Waals surface area contributed by atoms with Crippen molar-refractivity contribution in [2.24, 2.45) is 0 Å². The van der Waals surface area contributed by atoms with Gasteiger partial charge in [-0.2, -0.15) is 0 Å². The van der Waals surface area contributed by atoms with E-state index in [1.165, 1.54) is 0 Å². The summed E-state index contributed by atoms with van der Waals surface area (Å²) in [7, 11) is 0. The SMILES string of the molecule is C/C=C\c1cc(Cl)cc2c1OC1OC2Oc2c(/C=C\COCc3ccccc3)cc(Cl)cc21. The van der Waals surface area contributed by atoms with E-state index in [0.717, 1.165) is 27.8 Å². The number of hydrogen-bond donors (Lipinski definition) is 0. The van der Waals surface area contributed by atoms with Crippen LogP contribution in [0, 0.1) is 0 Å². The lowest BCUT2D eigenvalue weighted by Crippen LogP contribution is -2.31. The highest BCUT2D eigenvalue weighted by Gasteiger charge is 2.40. The van der Waals surface area contributed by atoms with Crippen molar-refractivity contribution < 1.29 is 18.9 Å². The van der Waals surface area contributed by atoms with Gasteiger partial charge in [-0.25, -0.2) is 0 Å². The van der Waals surface area contributed by atoms with Crippen molar-refractivity contribution in [2.45, 2.75) is 26.1 Å². The highest BCUT2D eigenvalue weighted by molar-refractivity contribution is 6.31. The zero-order valence-electron chi connectivity index (χ0n) is 18.0. The lowest BCUT2D eigenvalue weighted by Gasteiger charge is -2.39. The third kappa shape index (κ3) is 4.66. The van der Waals surface area contributed by atoms with Crippen molar-refractivity contribution >= 4 is 35.4 Å². The summed E-state index contributed by atoms with van der Waals surface area (Å²) in [5, 5.41) is 1.16. The maximum Gasteiger partial charge on any atom is 0.234 e. The van der Waals surface area contributed by atoms with E-state index in [0.29, 0.717) is 34.8 Å². The minimum atomic E-state index is -0.628. The van der Waals surface area contributed by atoms with Gasteiger partial charge < -0.3 is 14.2 Å². The smallest absolute Gasteiger partial charge is 0.234 e. The Morgan fingerprint density at radius 1 is 0.848 bits per heavy atom. The molecule has 2 unspecified atom stereocenters. The van der Waals surface area contributed by atoms with Gasteiger partial charge in [0.2, 0.25) is 12.6 Å². The molecule has 4 nitrogen and oxygen atoms in total.